The molecule has 0 radical (unpaired) electrons. The Kier molecular flexibility index (Phi) is 4.66. The van der Waals surface area contributed by atoms with Crippen molar-refractivity contribution < 1.29 is 0 Å². The number of hydrogen-bond donors (Lipinski definition) is 1. The van der Waals surface area contributed by atoms with Crippen molar-refractivity contribution >= 4 is 11.5 Å². The van der Waals surface area contributed by atoms with Gasteiger partial charge in [-0.05, 0) is 43.4 Å². The second-order valence-electron chi connectivity index (χ2n) is 4.93. The molecule has 0 saturated heterocycles. The summed E-state index contributed by atoms with van der Waals surface area (Å²) < 4.78 is 6.06. The molecule has 2 aromatic heterocycles. The topological polar surface area (TPSA) is 55.6 Å². The van der Waals surface area contributed by atoms with Gasteiger partial charge in [0.05, 0.1) is 16.8 Å². The lowest BCUT2D eigenvalue weighted by Gasteiger charge is -2.15. The van der Waals surface area contributed by atoms with Gasteiger partial charge in [0.1, 0.15) is 0 Å². The molecule has 104 valence electrons. The first kappa shape index (κ1) is 14.1. The van der Waals surface area contributed by atoms with E-state index in [9.17, 15) is 0 Å². The van der Waals surface area contributed by atoms with Gasteiger partial charge in [0, 0.05) is 18.8 Å². The van der Waals surface area contributed by atoms with Crippen molar-refractivity contribution in [3.8, 4) is 0 Å². The van der Waals surface area contributed by atoms with Gasteiger partial charge in [-0.15, -0.1) is 5.10 Å². The predicted octanol–water partition coefficient (Wildman–Crippen LogP) is 2.38. The van der Waals surface area contributed by atoms with Crippen LogP contribution in [0.1, 0.15) is 48.9 Å². The van der Waals surface area contributed by atoms with Crippen LogP contribution in [0.3, 0.4) is 0 Å². The minimum Gasteiger partial charge on any atom is -0.312 e. The molecular weight excluding hydrogens is 258 g/mol. The highest BCUT2D eigenvalue weighted by molar-refractivity contribution is 7.05. The third-order valence-corrected chi connectivity index (χ3v) is 4.06. The molecule has 19 heavy (non-hydrogen) atoms. The Morgan fingerprint density at radius 3 is 2.79 bits per heavy atom. The molecule has 0 saturated carbocycles. The number of nitrogens with zero attached hydrogens (tertiary/aromatic N) is 4. The molecule has 6 heteroatoms. The quantitative estimate of drug-likeness (QED) is 0.882. The largest absolute Gasteiger partial charge is 0.312 e. The van der Waals surface area contributed by atoms with Crippen LogP contribution >= 0.6 is 11.5 Å². The van der Waals surface area contributed by atoms with Gasteiger partial charge in [0.2, 0.25) is 0 Å². The minimum atomic E-state index is 0.256. The summed E-state index contributed by atoms with van der Waals surface area (Å²) in [4.78, 5) is 1.24. The SMILES string of the molecule is CCn1cc(CC(NC)c2snnc2C(C)C)cn1. The standard InChI is InChI=1S/C13H21N5S/c1-5-18-8-10(7-15-18)6-11(14-4)13-12(9(2)3)16-17-19-13/h7-9,11,14H,5-6H2,1-4H3. The van der Waals surface area contributed by atoms with E-state index in [0.29, 0.717) is 5.92 Å². The number of nitrogens with one attached hydrogen (secondary N) is 1. The zero-order chi connectivity index (χ0) is 13.8. The summed E-state index contributed by atoms with van der Waals surface area (Å²) in [5, 5.41) is 11.9. The molecule has 2 rings (SSSR count). The predicted molar refractivity (Wildman–Crippen MR) is 77.4 cm³/mol. The second kappa shape index (κ2) is 6.25. The van der Waals surface area contributed by atoms with Gasteiger partial charge in [0.15, 0.2) is 0 Å². The van der Waals surface area contributed by atoms with E-state index in [1.807, 2.05) is 17.9 Å². The van der Waals surface area contributed by atoms with Crippen LogP contribution in [-0.4, -0.2) is 26.4 Å². The molecule has 2 aromatic rings. The molecule has 5 nitrogen and oxygen atoms in total. The van der Waals surface area contributed by atoms with Gasteiger partial charge < -0.3 is 5.32 Å². The summed E-state index contributed by atoms with van der Waals surface area (Å²) in [5.74, 6) is 0.406. The molecule has 0 bridgehead atoms. The van der Waals surface area contributed by atoms with Crippen LogP contribution in [0, 0.1) is 0 Å². The van der Waals surface area contributed by atoms with Crippen molar-refractivity contribution in [2.24, 2.45) is 0 Å². The first-order chi connectivity index (χ1) is 9.15. The van der Waals surface area contributed by atoms with Crippen LogP contribution in [0.5, 0.6) is 0 Å². The summed E-state index contributed by atoms with van der Waals surface area (Å²) in [6, 6.07) is 0.256. The normalized spacial score (nSPS) is 13.1. The molecule has 0 spiro atoms. The summed E-state index contributed by atoms with van der Waals surface area (Å²) in [6.45, 7) is 7.31. The van der Waals surface area contributed by atoms with Gasteiger partial charge >= 0.3 is 0 Å². The van der Waals surface area contributed by atoms with Crippen molar-refractivity contribution in [2.45, 2.75) is 45.7 Å². The Morgan fingerprint density at radius 1 is 1.42 bits per heavy atom. The molecule has 0 aliphatic heterocycles. The van der Waals surface area contributed by atoms with Crippen LogP contribution in [-0.2, 0) is 13.0 Å². The summed E-state index contributed by atoms with van der Waals surface area (Å²) in [5.41, 5.74) is 2.34. The molecule has 2 heterocycles. The maximum atomic E-state index is 4.32. The highest BCUT2D eigenvalue weighted by atomic mass is 32.1. The smallest absolute Gasteiger partial charge is 0.0829 e. The molecule has 0 amide bonds. The molecule has 1 unspecified atom stereocenters. The van der Waals surface area contributed by atoms with E-state index in [2.05, 4.69) is 47.0 Å². The van der Waals surface area contributed by atoms with Crippen molar-refractivity contribution in [1.82, 2.24) is 24.7 Å². The highest BCUT2D eigenvalue weighted by Crippen LogP contribution is 2.28. The van der Waals surface area contributed by atoms with Crippen LogP contribution in [0.4, 0.5) is 0 Å². The van der Waals surface area contributed by atoms with Gasteiger partial charge in [-0.3, -0.25) is 4.68 Å². The number of aryl methyl sites for hydroxylation is 1. The van der Waals surface area contributed by atoms with Crippen molar-refractivity contribution in [2.75, 3.05) is 7.05 Å². The molecule has 1 atom stereocenters. The Morgan fingerprint density at radius 2 is 2.21 bits per heavy atom. The van der Waals surface area contributed by atoms with Crippen LogP contribution in [0.2, 0.25) is 0 Å². The fraction of sp³-hybridized carbons (Fsp3) is 0.615. The third kappa shape index (κ3) is 3.19. The number of aromatic nitrogens is 4. The Labute approximate surface area is 118 Å². The van der Waals surface area contributed by atoms with Gasteiger partial charge in [-0.1, -0.05) is 18.3 Å². The minimum absolute atomic E-state index is 0.256. The number of likely N-dealkylation sites (N-methyl/N-ethyl adjacent to an activating group) is 1. The first-order valence-electron chi connectivity index (χ1n) is 6.66. The summed E-state index contributed by atoms with van der Waals surface area (Å²) in [6.07, 6.45) is 4.96. The molecule has 1 N–H and O–H groups in total. The summed E-state index contributed by atoms with van der Waals surface area (Å²) in [7, 11) is 1.98. The fourth-order valence-electron chi connectivity index (χ4n) is 2.09. The van der Waals surface area contributed by atoms with E-state index in [-0.39, 0.29) is 6.04 Å². The number of hydrogen-bond acceptors (Lipinski definition) is 5. The zero-order valence-electron chi connectivity index (χ0n) is 11.9. The van der Waals surface area contributed by atoms with E-state index in [1.165, 1.54) is 22.0 Å². The monoisotopic (exact) mass is 279 g/mol. The molecule has 0 aliphatic rings. The van der Waals surface area contributed by atoms with Gasteiger partial charge in [0.25, 0.3) is 0 Å². The van der Waals surface area contributed by atoms with E-state index in [0.717, 1.165) is 18.7 Å². The van der Waals surface area contributed by atoms with E-state index in [1.54, 1.807) is 0 Å². The van der Waals surface area contributed by atoms with Crippen molar-refractivity contribution in [1.29, 1.82) is 0 Å². The van der Waals surface area contributed by atoms with Crippen molar-refractivity contribution in [3.63, 3.8) is 0 Å². The van der Waals surface area contributed by atoms with Crippen LogP contribution in [0.15, 0.2) is 12.4 Å². The Hall–Kier alpha value is -1.27. The third-order valence-electron chi connectivity index (χ3n) is 3.20. The average Bonchev–Trinajstić information content (AvgIpc) is 3.04. The van der Waals surface area contributed by atoms with Gasteiger partial charge in [-0.25, -0.2) is 0 Å². The van der Waals surface area contributed by atoms with E-state index >= 15 is 0 Å². The van der Waals surface area contributed by atoms with Gasteiger partial charge in [-0.2, -0.15) is 5.10 Å². The Bertz CT molecular complexity index is 517. The highest BCUT2D eigenvalue weighted by Gasteiger charge is 2.20. The lowest BCUT2D eigenvalue weighted by Crippen LogP contribution is -2.19. The first-order valence-corrected chi connectivity index (χ1v) is 7.43. The number of rotatable bonds is 6. The zero-order valence-corrected chi connectivity index (χ0v) is 12.7. The fourth-order valence-corrected chi connectivity index (χ4v) is 3.01. The molecular formula is C13H21N5S. The molecule has 0 fully saturated rings. The van der Waals surface area contributed by atoms with E-state index < -0.39 is 0 Å². The van der Waals surface area contributed by atoms with Crippen molar-refractivity contribution in [3.05, 3.63) is 28.5 Å². The van der Waals surface area contributed by atoms with Crippen LogP contribution < -0.4 is 5.32 Å². The lowest BCUT2D eigenvalue weighted by atomic mass is 10.0. The maximum Gasteiger partial charge on any atom is 0.0829 e. The second-order valence-corrected chi connectivity index (χ2v) is 5.71. The van der Waals surface area contributed by atoms with E-state index in [4.69, 9.17) is 0 Å². The summed E-state index contributed by atoms with van der Waals surface area (Å²) >= 11 is 1.49. The average molecular weight is 279 g/mol. The molecule has 0 aliphatic carbocycles. The van der Waals surface area contributed by atoms with Crippen LogP contribution in [0.25, 0.3) is 0 Å². The molecule has 0 aromatic carbocycles. The lowest BCUT2D eigenvalue weighted by molar-refractivity contribution is 0.588. The maximum absolute atomic E-state index is 4.32. The Balaban J connectivity index is 2.17.